The van der Waals surface area contributed by atoms with Gasteiger partial charge >= 0.3 is 5.97 Å². The molecule has 1 aliphatic heterocycles. The number of sulfonamides is 1. The predicted molar refractivity (Wildman–Crippen MR) is 102 cm³/mol. The molecule has 8 heteroatoms. The Morgan fingerprint density at radius 3 is 2.54 bits per heavy atom. The van der Waals surface area contributed by atoms with Gasteiger partial charge in [-0.05, 0) is 37.1 Å². The molecule has 3 rings (SSSR count). The Morgan fingerprint density at radius 1 is 1.07 bits per heavy atom. The Balaban J connectivity index is 1.52. The zero-order chi connectivity index (χ0) is 20.1. The van der Waals surface area contributed by atoms with Crippen molar-refractivity contribution in [2.75, 3.05) is 19.8 Å². The quantitative estimate of drug-likeness (QED) is 0.629. The standard InChI is InChI=1S/C20H21NO6S/c1-2-26-17-9-5-3-7-15(17)11-12-19(22)27-14-13-21-20(23)16-8-4-6-10-18(16)28(21,24)25/h3-10H,2,11-14H2,1H3. The second-order valence-electron chi connectivity index (χ2n) is 6.14. The lowest BCUT2D eigenvalue weighted by Crippen LogP contribution is -2.33. The highest BCUT2D eigenvalue weighted by Gasteiger charge is 2.40. The van der Waals surface area contributed by atoms with Crippen molar-refractivity contribution in [1.29, 1.82) is 0 Å². The van der Waals surface area contributed by atoms with Crippen molar-refractivity contribution in [2.45, 2.75) is 24.7 Å². The number of hydrogen-bond donors (Lipinski definition) is 0. The Morgan fingerprint density at radius 2 is 1.79 bits per heavy atom. The van der Waals surface area contributed by atoms with Gasteiger partial charge in [-0.2, -0.15) is 0 Å². The molecule has 0 atom stereocenters. The number of esters is 1. The smallest absolute Gasteiger partial charge is 0.306 e. The van der Waals surface area contributed by atoms with Crippen molar-refractivity contribution >= 4 is 21.9 Å². The minimum atomic E-state index is -3.88. The first-order valence-corrected chi connectivity index (χ1v) is 10.4. The van der Waals surface area contributed by atoms with Crippen LogP contribution in [0.5, 0.6) is 5.75 Å². The average molecular weight is 403 g/mol. The monoisotopic (exact) mass is 403 g/mol. The van der Waals surface area contributed by atoms with Gasteiger partial charge in [-0.15, -0.1) is 0 Å². The van der Waals surface area contributed by atoms with E-state index in [1.54, 1.807) is 12.1 Å². The van der Waals surface area contributed by atoms with Gasteiger partial charge < -0.3 is 9.47 Å². The van der Waals surface area contributed by atoms with Crippen LogP contribution in [0.1, 0.15) is 29.3 Å². The first kappa shape index (κ1) is 19.9. The van der Waals surface area contributed by atoms with E-state index in [2.05, 4.69) is 0 Å². The van der Waals surface area contributed by atoms with Gasteiger partial charge in [-0.3, -0.25) is 9.59 Å². The van der Waals surface area contributed by atoms with Crippen molar-refractivity contribution in [3.63, 3.8) is 0 Å². The summed E-state index contributed by atoms with van der Waals surface area (Å²) in [5, 5.41) is 0. The van der Waals surface area contributed by atoms with E-state index < -0.39 is 21.9 Å². The molecule has 7 nitrogen and oxygen atoms in total. The maximum absolute atomic E-state index is 12.4. The number of carbonyl (C=O) groups excluding carboxylic acids is 2. The zero-order valence-corrected chi connectivity index (χ0v) is 16.3. The zero-order valence-electron chi connectivity index (χ0n) is 15.5. The minimum absolute atomic E-state index is 0.0149. The molecule has 0 radical (unpaired) electrons. The van der Waals surface area contributed by atoms with Crippen LogP contribution >= 0.6 is 0 Å². The summed E-state index contributed by atoms with van der Waals surface area (Å²) in [5.41, 5.74) is 1.04. The predicted octanol–water partition coefficient (Wildman–Crippen LogP) is 2.41. The highest BCUT2D eigenvalue weighted by atomic mass is 32.2. The molecule has 1 heterocycles. The first-order chi connectivity index (χ1) is 13.4. The first-order valence-electron chi connectivity index (χ1n) is 8.97. The fourth-order valence-corrected chi connectivity index (χ4v) is 4.56. The van der Waals surface area contributed by atoms with Gasteiger partial charge in [0.05, 0.1) is 18.7 Å². The summed E-state index contributed by atoms with van der Waals surface area (Å²) < 4.78 is 36.3. The number of benzene rings is 2. The van der Waals surface area contributed by atoms with Crippen molar-refractivity contribution in [3.8, 4) is 5.75 Å². The summed E-state index contributed by atoms with van der Waals surface area (Å²) in [6, 6.07) is 13.5. The molecule has 0 aliphatic carbocycles. The SMILES string of the molecule is CCOc1ccccc1CCC(=O)OCCN1C(=O)c2ccccc2S1(=O)=O. The fraction of sp³-hybridized carbons (Fsp3) is 0.300. The molecular weight excluding hydrogens is 382 g/mol. The molecule has 0 saturated heterocycles. The van der Waals surface area contributed by atoms with Gasteiger partial charge in [0, 0.05) is 6.42 Å². The molecular formula is C20H21NO6S. The molecule has 2 aromatic rings. The Hall–Kier alpha value is -2.87. The van der Waals surface area contributed by atoms with Crippen LogP contribution in [0.4, 0.5) is 0 Å². The molecule has 28 heavy (non-hydrogen) atoms. The lowest BCUT2D eigenvalue weighted by Gasteiger charge is -2.15. The number of fused-ring (bicyclic) bond motifs is 1. The maximum Gasteiger partial charge on any atom is 0.306 e. The van der Waals surface area contributed by atoms with Gasteiger partial charge in [0.1, 0.15) is 17.3 Å². The molecule has 0 saturated carbocycles. The van der Waals surface area contributed by atoms with Crippen molar-refractivity contribution in [1.82, 2.24) is 4.31 Å². The van der Waals surface area contributed by atoms with Gasteiger partial charge in [-0.1, -0.05) is 30.3 Å². The molecule has 0 spiro atoms. The van der Waals surface area contributed by atoms with E-state index in [0.717, 1.165) is 15.6 Å². The summed E-state index contributed by atoms with van der Waals surface area (Å²) >= 11 is 0. The second kappa shape index (κ2) is 8.43. The van der Waals surface area contributed by atoms with Crippen LogP contribution in [0.3, 0.4) is 0 Å². The van der Waals surface area contributed by atoms with E-state index >= 15 is 0 Å². The van der Waals surface area contributed by atoms with Crippen molar-refractivity contribution in [3.05, 3.63) is 59.7 Å². The number of carbonyl (C=O) groups is 2. The van der Waals surface area contributed by atoms with E-state index in [0.29, 0.717) is 13.0 Å². The fourth-order valence-electron chi connectivity index (χ4n) is 3.01. The lowest BCUT2D eigenvalue weighted by atomic mass is 10.1. The van der Waals surface area contributed by atoms with Gasteiger partial charge in [0.2, 0.25) is 0 Å². The van der Waals surface area contributed by atoms with E-state index in [-0.39, 0.29) is 30.0 Å². The number of nitrogens with zero attached hydrogens (tertiary/aromatic N) is 1. The summed E-state index contributed by atoms with van der Waals surface area (Å²) in [5.74, 6) is -0.338. The van der Waals surface area contributed by atoms with Crippen LogP contribution in [0, 0.1) is 0 Å². The Labute approximate surface area is 163 Å². The van der Waals surface area contributed by atoms with Gasteiger partial charge in [-0.25, -0.2) is 12.7 Å². The van der Waals surface area contributed by atoms with E-state index in [1.807, 2.05) is 31.2 Å². The number of ether oxygens (including phenoxy) is 2. The molecule has 2 aromatic carbocycles. The molecule has 0 unspecified atom stereocenters. The number of hydrogen-bond acceptors (Lipinski definition) is 6. The number of aryl methyl sites for hydroxylation is 1. The van der Waals surface area contributed by atoms with Crippen LogP contribution in [0.2, 0.25) is 0 Å². The maximum atomic E-state index is 12.4. The van der Waals surface area contributed by atoms with Crippen molar-refractivity contribution < 1.29 is 27.5 Å². The van der Waals surface area contributed by atoms with Crippen LogP contribution in [0.25, 0.3) is 0 Å². The molecule has 0 fully saturated rings. The number of amides is 1. The summed E-state index contributed by atoms with van der Waals surface area (Å²) in [7, 11) is -3.88. The normalized spacial score (nSPS) is 14.6. The second-order valence-corrected chi connectivity index (χ2v) is 7.97. The molecule has 0 bridgehead atoms. The molecule has 1 amide bonds. The average Bonchev–Trinajstić information content (AvgIpc) is 2.88. The summed E-state index contributed by atoms with van der Waals surface area (Å²) in [6.45, 7) is 2.02. The lowest BCUT2D eigenvalue weighted by molar-refractivity contribution is -0.143. The molecule has 0 N–H and O–H groups in total. The van der Waals surface area contributed by atoms with Gasteiger partial charge in [0.15, 0.2) is 0 Å². The summed E-state index contributed by atoms with van der Waals surface area (Å²) in [6.07, 6.45) is 0.576. The Bertz CT molecular complexity index is 986. The van der Waals surface area contributed by atoms with E-state index in [9.17, 15) is 18.0 Å². The number of rotatable bonds is 8. The third kappa shape index (κ3) is 4.01. The molecule has 1 aliphatic rings. The van der Waals surface area contributed by atoms with Crippen LogP contribution in [-0.2, 0) is 26.0 Å². The largest absolute Gasteiger partial charge is 0.494 e. The number of para-hydroxylation sites is 1. The highest BCUT2D eigenvalue weighted by Crippen LogP contribution is 2.29. The highest BCUT2D eigenvalue weighted by molar-refractivity contribution is 7.90. The van der Waals surface area contributed by atoms with Crippen LogP contribution < -0.4 is 4.74 Å². The third-order valence-electron chi connectivity index (χ3n) is 4.34. The third-order valence-corrected chi connectivity index (χ3v) is 6.18. The van der Waals surface area contributed by atoms with Crippen molar-refractivity contribution in [2.24, 2.45) is 0 Å². The topological polar surface area (TPSA) is 90.0 Å². The minimum Gasteiger partial charge on any atom is -0.494 e. The van der Waals surface area contributed by atoms with E-state index in [4.69, 9.17) is 9.47 Å². The Kier molecular flexibility index (Phi) is 5.99. The molecule has 148 valence electrons. The van der Waals surface area contributed by atoms with Gasteiger partial charge in [0.25, 0.3) is 15.9 Å². The van der Waals surface area contributed by atoms with Crippen LogP contribution in [0.15, 0.2) is 53.4 Å². The van der Waals surface area contributed by atoms with E-state index in [1.165, 1.54) is 12.1 Å². The summed E-state index contributed by atoms with van der Waals surface area (Å²) in [4.78, 5) is 24.3. The van der Waals surface area contributed by atoms with Crippen LogP contribution in [-0.4, -0.2) is 44.4 Å². The molecule has 0 aromatic heterocycles.